The molecule has 0 aromatic carbocycles. The number of nitrogens with zero attached hydrogens (tertiary/aromatic N) is 2. The zero-order valence-corrected chi connectivity index (χ0v) is 15.6. The maximum atomic E-state index is 5.41. The van der Waals surface area contributed by atoms with Crippen LogP contribution in [0.1, 0.15) is 54.2 Å². The number of hydrogen-bond donors (Lipinski definition) is 3. The van der Waals surface area contributed by atoms with E-state index in [1.54, 1.807) is 12.2 Å². The van der Waals surface area contributed by atoms with E-state index in [2.05, 4.69) is 39.5 Å². The van der Waals surface area contributed by atoms with Crippen LogP contribution in [-0.4, -0.2) is 28.0 Å². The van der Waals surface area contributed by atoms with Crippen molar-refractivity contribution >= 4 is 12.2 Å². The molecule has 0 spiro atoms. The number of hydrogen-bond acceptors (Lipinski definition) is 4. The minimum atomic E-state index is 0.735. The Balaban J connectivity index is 0.000000206. The molecule has 0 bridgehead atoms. The summed E-state index contributed by atoms with van der Waals surface area (Å²) in [6, 6.07) is 4.23. The summed E-state index contributed by atoms with van der Waals surface area (Å²) in [5.74, 6) is 0.914. The van der Waals surface area contributed by atoms with Gasteiger partial charge in [-0.25, -0.2) is 4.98 Å². The van der Waals surface area contributed by atoms with Crippen molar-refractivity contribution in [3.05, 3.63) is 60.0 Å². The van der Waals surface area contributed by atoms with Gasteiger partial charge >= 0.3 is 0 Å². The molecule has 140 valence electrons. The highest BCUT2D eigenvalue weighted by atomic mass is 15.0. The van der Waals surface area contributed by atoms with Gasteiger partial charge in [-0.15, -0.1) is 0 Å². The van der Waals surface area contributed by atoms with Crippen LogP contribution in [0.15, 0.2) is 31.5 Å². The Morgan fingerprint density at radius 2 is 2.04 bits per heavy atom. The lowest BCUT2D eigenvalue weighted by molar-refractivity contribution is 0.614. The van der Waals surface area contributed by atoms with Crippen LogP contribution in [0, 0.1) is 0 Å². The van der Waals surface area contributed by atoms with E-state index in [-0.39, 0.29) is 0 Å². The normalized spacial score (nSPS) is 12.7. The Bertz CT molecular complexity index is 639. The summed E-state index contributed by atoms with van der Waals surface area (Å²) in [5, 5.41) is 3.31. The van der Waals surface area contributed by atoms with E-state index in [0.29, 0.717) is 0 Å². The second-order valence-electron chi connectivity index (χ2n) is 6.38. The van der Waals surface area contributed by atoms with Gasteiger partial charge in [-0.2, -0.15) is 0 Å². The largest absolute Gasteiger partial charge is 0.341 e. The molecule has 2 aromatic rings. The SMILES string of the molecule is C=Cc1nc(CNCCCCN)[nH]c1C=C.c1cnc2c(c1)CCCC2. The lowest BCUT2D eigenvalue weighted by Crippen LogP contribution is -2.16. The molecule has 3 rings (SSSR count). The van der Waals surface area contributed by atoms with Crippen molar-refractivity contribution in [1.29, 1.82) is 0 Å². The summed E-state index contributed by atoms with van der Waals surface area (Å²) < 4.78 is 0. The van der Waals surface area contributed by atoms with Gasteiger partial charge in [-0.1, -0.05) is 19.2 Å². The predicted octanol–water partition coefficient (Wildman–Crippen LogP) is 3.48. The molecule has 4 N–H and O–H groups in total. The Labute approximate surface area is 156 Å². The molecular formula is C21H31N5. The molecular weight excluding hydrogens is 322 g/mol. The van der Waals surface area contributed by atoms with E-state index in [9.17, 15) is 0 Å². The Morgan fingerprint density at radius 3 is 2.73 bits per heavy atom. The molecule has 5 nitrogen and oxygen atoms in total. The number of imidazole rings is 1. The number of unbranched alkanes of at least 4 members (excludes halogenated alkanes) is 1. The Kier molecular flexibility index (Phi) is 8.79. The van der Waals surface area contributed by atoms with Crippen molar-refractivity contribution in [2.24, 2.45) is 5.73 Å². The molecule has 1 aliphatic carbocycles. The molecule has 2 heterocycles. The number of aromatic amines is 1. The van der Waals surface area contributed by atoms with E-state index in [4.69, 9.17) is 5.73 Å². The summed E-state index contributed by atoms with van der Waals surface area (Å²) in [6.45, 7) is 9.88. The summed E-state index contributed by atoms with van der Waals surface area (Å²) in [5.41, 5.74) is 9.99. The lowest BCUT2D eigenvalue weighted by atomic mass is 9.96. The van der Waals surface area contributed by atoms with Crippen molar-refractivity contribution in [2.75, 3.05) is 13.1 Å². The number of fused-ring (bicyclic) bond motifs is 1. The first-order valence-corrected chi connectivity index (χ1v) is 9.45. The number of nitrogens with one attached hydrogen (secondary N) is 2. The van der Waals surface area contributed by atoms with E-state index >= 15 is 0 Å². The van der Waals surface area contributed by atoms with Crippen LogP contribution >= 0.6 is 0 Å². The molecule has 0 aliphatic heterocycles. The first kappa shape index (κ1) is 20.1. The van der Waals surface area contributed by atoms with E-state index < -0.39 is 0 Å². The average Bonchev–Trinajstić information content (AvgIpc) is 3.11. The highest BCUT2D eigenvalue weighted by Crippen LogP contribution is 2.17. The number of rotatable bonds is 8. The van der Waals surface area contributed by atoms with Crippen LogP contribution in [0.3, 0.4) is 0 Å². The van der Waals surface area contributed by atoms with Gasteiger partial charge in [0.1, 0.15) is 5.82 Å². The monoisotopic (exact) mass is 353 g/mol. The molecule has 2 aromatic heterocycles. The van der Waals surface area contributed by atoms with E-state index in [0.717, 1.165) is 49.7 Å². The average molecular weight is 354 g/mol. The van der Waals surface area contributed by atoms with Gasteiger partial charge in [0.15, 0.2) is 0 Å². The number of aromatic nitrogens is 3. The summed E-state index contributed by atoms with van der Waals surface area (Å²) in [4.78, 5) is 11.9. The van der Waals surface area contributed by atoms with Crippen LogP contribution in [0.25, 0.3) is 12.2 Å². The summed E-state index contributed by atoms with van der Waals surface area (Å²) >= 11 is 0. The van der Waals surface area contributed by atoms with Gasteiger partial charge in [-0.05, 0) is 75.4 Å². The van der Waals surface area contributed by atoms with Crippen LogP contribution < -0.4 is 11.1 Å². The third-order valence-corrected chi connectivity index (χ3v) is 4.40. The zero-order chi connectivity index (χ0) is 18.6. The molecule has 0 saturated carbocycles. The minimum absolute atomic E-state index is 0.735. The first-order chi connectivity index (χ1) is 12.8. The highest BCUT2D eigenvalue weighted by molar-refractivity contribution is 5.57. The smallest absolute Gasteiger partial charge is 0.121 e. The van der Waals surface area contributed by atoms with Gasteiger partial charge in [-0.3, -0.25) is 4.98 Å². The van der Waals surface area contributed by atoms with Crippen molar-refractivity contribution in [2.45, 2.75) is 45.1 Å². The molecule has 0 saturated heterocycles. The number of pyridine rings is 1. The van der Waals surface area contributed by atoms with Crippen molar-refractivity contribution < 1.29 is 0 Å². The van der Waals surface area contributed by atoms with Crippen molar-refractivity contribution in [1.82, 2.24) is 20.3 Å². The molecule has 26 heavy (non-hydrogen) atoms. The first-order valence-electron chi connectivity index (χ1n) is 9.45. The Hall–Kier alpha value is -2.24. The molecule has 0 fully saturated rings. The fourth-order valence-electron chi connectivity index (χ4n) is 2.98. The second-order valence-corrected chi connectivity index (χ2v) is 6.38. The molecule has 1 aliphatic rings. The summed E-state index contributed by atoms with van der Waals surface area (Å²) in [6.07, 6.45) is 12.6. The van der Waals surface area contributed by atoms with Crippen LogP contribution in [0.4, 0.5) is 0 Å². The van der Waals surface area contributed by atoms with Gasteiger partial charge in [0.05, 0.1) is 17.9 Å². The predicted molar refractivity (Wildman–Crippen MR) is 110 cm³/mol. The van der Waals surface area contributed by atoms with Crippen LogP contribution in [-0.2, 0) is 19.4 Å². The van der Waals surface area contributed by atoms with Crippen molar-refractivity contribution in [3.63, 3.8) is 0 Å². The third kappa shape index (κ3) is 6.24. The second kappa shape index (κ2) is 11.4. The van der Waals surface area contributed by atoms with E-state index in [1.807, 2.05) is 12.3 Å². The van der Waals surface area contributed by atoms with Gasteiger partial charge in [0.2, 0.25) is 0 Å². The molecule has 5 heteroatoms. The fraction of sp³-hybridized carbons (Fsp3) is 0.429. The Morgan fingerprint density at radius 1 is 1.19 bits per heavy atom. The zero-order valence-electron chi connectivity index (χ0n) is 15.6. The quantitative estimate of drug-likeness (QED) is 0.635. The molecule has 0 unspecified atom stereocenters. The summed E-state index contributed by atoms with van der Waals surface area (Å²) in [7, 11) is 0. The minimum Gasteiger partial charge on any atom is -0.341 e. The number of aryl methyl sites for hydroxylation is 2. The van der Waals surface area contributed by atoms with Gasteiger partial charge in [0.25, 0.3) is 0 Å². The molecule has 0 radical (unpaired) electrons. The topological polar surface area (TPSA) is 79.6 Å². The maximum absolute atomic E-state index is 5.41. The van der Waals surface area contributed by atoms with Crippen LogP contribution in [0.5, 0.6) is 0 Å². The number of nitrogens with two attached hydrogens (primary N) is 1. The van der Waals surface area contributed by atoms with Gasteiger partial charge in [0, 0.05) is 11.9 Å². The van der Waals surface area contributed by atoms with Gasteiger partial charge < -0.3 is 16.0 Å². The standard InChI is InChI=1S/C12H20N4.C9H11N/c1-3-10-11(4-2)16-12(15-10)9-14-8-6-5-7-13;1-2-6-9-8(4-1)5-3-7-10-9/h3-4,14H,1-2,5-9,13H2,(H,15,16);3,5,7H,1-2,4,6H2. The third-order valence-electron chi connectivity index (χ3n) is 4.40. The molecule has 0 atom stereocenters. The lowest BCUT2D eigenvalue weighted by Gasteiger charge is -2.12. The van der Waals surface area contributed by atoms with Crippen molar-refractivity contribution in [3.8, 4) is 0 Å². The number of H-pyrrole nitrogens is 1. The van der Waals surface area contributed by atoms with E-state index in [1.165, 1.54) is 36.9 Å². The fourth-order valence-corrected chi connectivity index (χ4v) is 2.98. The maximum Gasteiger partial charge on any atom is 0.121 e. The highest BCUT2D eigenvalue weighted by Gasteiger charge is 2.07. The molecule has 0 amide bonds. The van der Waals surface area contributed by atoms with Crippen LogP contribution in [0.2, 0.25) is 0 Å².